The zero-order valence-corrected chi connectivity index (χ0v) is 13.6. The molecule has 2 nitrogen and oxygen atoms in total. The van der Waals surface area contributed by atoms with Crippen molar-refractivity contribution in [3.63, 3.8) is 0 Å². The highest BCUT2D eigenvalue weighted by molar-refractivity contribution is 9.10. The zero-order chi connectivity index (χ0) is 13.1. The molecule has 2 unspecified atom stereocenters. The van der Waals surface area contributed by atoms with E-state index in [0.29, 0.717) is 6.04 Å². The fraction of sp³-hybridized carbons (Fsp3) is 0.571. The van der Waals surface area contributed by atoms with E-state index in [1.165, 1.54) is 17.0 Å². The van der Waals surface area contributed by atoms with Gasteiger partial charge in [-0.15, -0.1) is 0 Å². The molecule has 0 saturated carbocycles. The second-order valence-electron chi connectivity index (χ2n) is 4.84. The van der Waals surface area contributed by atoms with Crippen LogP contribution in [0.3, 0.4) is 0 Å². The van der Waals surface area contributed by atoms with Crippen LogP contribution in [0.25, 0.3) is 0 Å². The lowest BCUT2D eigenvalue weighted by Gasteiger charge is -2.35. The van der Waals surface area contributed by atoms with E-state index in [1.54, 1.807) is 0 Å². The molecule has 1 aromatic carbocycles. The highest BCUT2D eigenvalue weighted by Crippen LogP contribution is 2.32. The number of hydrogen-bond donors (Lipinski definition) is 1. The molecule has 1 saturated heterocycles. The third-order valence-corrected chi connectivity index (χ3v) is 5.10. The fourth-order valence-corrected chi connectivity index (χ4v) is 3.71. The van der Waals surface area contributed by atoms with Crippen molar-refractivity contribution in [3.8, 4) is 0 Å². The van der Waals surface area contributed by atoms with Gasteiger partial charge in [-0.2, -0.15) is 11.8 Å². The minimum Gasteiger partial charge on any atom is -0.369 e. The Morgan fingerprint density at radius 1 is 1.50 bits per heavy atom. The van der Waals surface area contributed by atoms with Gasteiger partial charge in [0.1, 0.15) is 0 Å². The lowest BCUT2D eigenvalue weighted by molar-refractivity contribution is 0.646. The summed E-state index contributed by atoms with van der Waals surface area (Å²) >= 11 is 5.67. The molecular weight excluding hydrogens is 308 g/mol. The molecule has 2 rings (SSSR count). The molecule has 0 bridgehead atoms. The van der Waals surface area contributed by atoms with Crippen LogP contribution in [0.15, 0.2) is 22.7 Å². The Morgan fingerprint density at radius 2 is 2.28 bits per heavy atom. The molecular formula is C14H21BrN2S. The number of nitrogens with one attached hydrogen (secondary N) is 1. The minimum atomic E-state index is 0.387. The molecule has 0 amide bonds. The Balaban J connectivity index is 2.31. The smallest absolute Gasteiger partial charge is 0.0426 e. The Hall–Kier alpha value is -0.190. The number of thioether (sulfide) groups is 1. The molecule has 1 fully saturated rings. The summed E-state index contributed by atoms with van der Waals surface area (Å²) in [5, 5.41) is 4.06. The van der Waals surface area contributed by atoms with Crippen molar-refractivity contribution in [1.82, 2.24) is 5.32 Å². The van der Waals surface area contributed by atoms with Crippen molar-refractivity contribution in [2.45, 2.75) is 25.1 Å². The van der Waals surface area contributed by atoms with Crippen molar-refractivity contribution >= 4 is 33.4 Å². The lowest BCUT2D eigenvalue weighted by Crippen LogP contribution is -2.37. The Kier molecular flexibility index (Phi) is 4.98. The van der Waals surface area contributed by atoms with Crippen LogP contribution in [-0.4, -0.2) is 31.1 Å². The highest BCUT2D eigenvalue weighted by Gasteiger charge is 2.21. The number of rotatable bonds is 3. The summed E-state index contributed by atoms with van der Waals surface area (Å²) in [5.41, 5.74) is 2.76. The largest absolute Gasteiger partial charge is 0.369 e. The van der Waals surface area contributed by atoms with E-state index in [0.717, 1.165) is 22.8 Å². The lowest BCUT2D eigenvalue weighted by atomic mass is 10.0. The van der Waals surface area contributed by atoms with Crippen LogP contribution in [0.1, 0.15) is 25.5 Å². The summed E-state index contributed by atoms with van der Waals surface area (Å²) in [7, 11) is 2.02. The van der Waals surface area contributed by atoms with Gasteiger partial charge in [-0.3, -0.25) is 0 Å². The molecule has 0 aromatic heterocycles. The topological polar surface area (TPSA) is 15.3 Å². The van der Waals surface area contributed by atoms with Crippen LogP contribution in [0, 0.1) is 0 Å². The first-order valence-corrected chi connectivity index (χ1v) is 8.29. The molecule has 0 spiro atoms. The van der Waals surface area contributed by atoms with E-state index in [4.69, 9.17) is 0 Å². The van der Waals surface area contributed by atoms with Gasteiger partial charge < -0.3 is 10.2 Å². The quantitative estimate of drug-likeness (QED) is 0.911. The summed E-state index contributed by atoms with van der Waals surface area (Å²) in [6.45, 7) is 6.82. The van der Waals surface area contributed by atoms with Crippen molar-refractivity contribution in [3.05, 3.63) is 28.2 Å². The number of halogens is 1. The van der Waals surface area contributed by atoms with Crippen LogP contribution in [-0.2, 0) is 0 Å². The molecule has 0 radical (unpaired) electrons. The third-order valence-electron chi connectivity index (χ3n) is 3.47. The molecule has 1 N–H and O–H groups in total. The van der Waals surface area contributed by atoms with Gasteiger partial charge in [0.25, 0.3) is 0 Å². The Labute approximate surface area is 123 Å². The minimum absolute atomic E-state index is 0.387. The van der Waals surface area contributed by atoms with Crippen LogP contribution in [0.4, 0.5) is 5.69 Å². The number of nitrogens with zero attached hydrogens (tertiary/aromatic N) is 1. The highest BCUT2D eigenvalue weighted by atomic mass is 79.9. The van der Waals surface area contributed by atoms with E-state index < -0.39 is 0 Å². The van der Waals surface area contributed by atoms with E-state index in [-0.39, 0.29) is 0 Å². The second kappa shape index (κ2) is 6.31. The molecule has 1 aliphatic heterocycles. The predicted molar refractivity (Wildman–Crippen MR) is 85.7 cm³/mol. The number of hydrogen-bond acceptors (Lipinski definition) is 3. The number of benzene rings is 1. The van der Waals surface area contributed by atoms with Crippen molar-refractivity contribution in [2.24, 2.45) is 0 Å². The maximum absolute atomic E-state index is 3.60. The summed E-state index contributed by atoms with van der Waals surface area (Å²) in [6.07, 6.45) is 0. The monoisotopic (exact) mass is 328 g/mol. The Bertz CT molecular complexity index is 411. The SMILES string of the molecule is CNC(C)c1ccc(Br)cc1N1CCSC(C)C1. The summed E-state index contributed by atoms with van der Waals surface area (Å²) in [6, 6.07) is 7.01. The third kappa shape index (κ3) is 3.22. The summed E-state index contributed by atoms with van der Waals surface area (Å²) in [5.74, 6) is 1.22. The van der Waals surface area contributed by atoms with Crippen LogP contribution >= 0.6 is 27.7 Å². The maximum Gasteiger partial charge on any atom is 0.0426 e. The second-order valence-corrected chi connectivity index (χ2v) is 7.30. The van der Waals surface area contributed by atoms with Gasteiger partial charge >= 0.3 is 0 Å². The summed E-state index contributed by atoms with van der Waals surface area (Å²) in [4.78, 5) is 2.52. The molecule has 4 heteroatoms. The van der Waals surface area contributed by atoms with Gasteiger partial charge in [-0.05, 0) is 31.7 Å². The van der Waals surface area contributed by atoms with E-state index in [2.05, 4.69) is 70.0 Å². The molecule has 18 heavy (non-hydrogen) atoms. The number of anilines is 1. The average Bonchev–Trinajstić information content (AvgIpc) is 2.38. The van der Waals surface area contributed by atoms with Crippen molar-refractivity contribution in [1.29, 1.82) is 0 Å². The molecule has 1 aliphatic rings. The van der Waals surface area contributed by atoms with Gasteiger partial charge in [0.05, 0.1) is 0 Å². The van der Waals surface area contributed by atoms with Gasteiger partial charge in [0.2, 0.25) is 0 Å². The van der Waals surface area contributed by atoms with Crippen LogP contribution < -0.4 is 10.2 Å². The van der Waals surface area contributed by atoms with Gasteiger partial charge in [0.15, 0.2) is 0 Å². The molecule has 2 atom stereocenters. The Morgan fingerprint density at radius 3 is 2.94 bits per heavy atom. The average molecular weight is 329 g/mol. The van der Waals surface area contributed by atoms with Gasteiger partial charge in [-0.25, -0.2) is 0 Å². The zero-order valence-electron chi connectivity index (χ0n) is 11.2. The fourth-order valence-electron chi connectivity index (χ4n) is 2.35. The predicted octanol–water partition coefficient (Wildman–Crippen LogP) is 3.67. The molecule has 1 heterocycles. The first-order chi connectivity index (χ1) is 8.61. The standard InChI is InChI=1S/C14H21BrN2S/c1-10-9-17(6-7-18-10)14-8-12(15)4-5-13(14)11(2)16-3/h4-5,8,10-11,16H,6-7,9H2,1-3H3. The molecule has 100 valence electrons. The first kappa shape index (κ1) is 14.2. The van der Waals surface area contributed by atoms with Crippen molar-refractivity contribution < 1.29 is 0 Å². The van der Waals surface area contributed by atoms with Crippen molar-refractivity contribution in [2.75, 3.05) is 30.8 Å². The summed E-state index contributed by atoms with van der Waals surface area (Å²) < 4.78 is 1.16. The van der Waals surface area contributed by atoms with E-state index in [1.807, 2.05) is 7.05 Å². The van der Waals surface area contributed by atoms with E-state index in [9.17, 15) is 0 Å². The van der Waals surface area contributed by atoms with Gasteiger partial charge in [0, 0.05) is 40.3 Å². The first-order valence-electron chi connectivity index (χ1n) is 6.45. The van der Waals surface area contributed by atoms with E-state index >= 15 is 0 Å². The normalized spacial score (nSPS) is 22.0. The maximum atomic E-state index is 3.60. The van der Waals surface area contributed by atoms with Crippen LogP contribution in [0.5, 0.6) is 0 Å². The van der Waals surface area contributed by atoms with Crippen LogP contribution in [0.2, 0.25) is 0 Å². The molecule has 1 aromatic rings. The van der Waals surface area contributed by atoms with Gasteiger partial charge in [-0.1, -0.05) is 28.9 Å². The molecule has 0 aliphatic carbocycles.